The van der Waals surface area contributed by atoms with Crippen molar-refractivity contribution in [3.05, 3.63) is 59.7 Å². The van der Waals surface area contributed by atoms with Crippen molar-refractivity contribution in [3.63, 3.8) is 0 Å². The highest BCUT2D eigenvalue weighted by molar-refractivity contribution is 5.91. The third kappa shape index (κ3) is 4.87. The standard InChI is InChI=1S/C26H30N2O7/c1-3-26(15-33-2,24(31)27-21-12-13-34-22(21)23(29)30)28-25(32)35-14-20-18-10-6-4-8-16(18)17-9-5-7-11-19(17)20/h4-11,20-22H,3,12-15H2,1-2H3,(H,27,31)(H,28,32)(H,29,30). The SMILES string of the molecule is CCC(COC)(NC(=O)OCC1c2ccccc2-c2ccccc21)C(=O)NC1CCOC1C(=O)O. The van der Waals surface area contributed by atoms with Gasteiger partial charge in [0.15, 0.2) is 6.10 Å². The van der Waals surface area contributed by atoms with Gasteiger partial charge in [0.1, 0.15) is 12.1 Å². The fourth-order valence-electron chi connectivity index (χ4n) is 4.87. The van der Waals surface area contributed by atoms with Crippen LogP contribution in [0.5, 0.6) is 0 Å². The molecule has 0 spiro atoms. The number of methoxy groups -OCH3 is 1. The van der Waals surface area contributed by atoms with E-state index in [9.17, 15) is 19.5 Å². The fraction of sp³-hybridized carbons (Fsp3) is 0.423. The molecule has 1 aliphatic heterocycles. The van der Waals surface area contributed by atoms with Gasteiger partial charge >= 0.3 is 12.1 Å². The molecular formula is C26H30N2O7. The lowest BCUT2D eigenvalue weighted by Gasteiger charge is -2.33. The Morgan fingerprint density at radius 2 is 1.71 bits per heavy atom. The average Bonchev–Trinajstić information content (AvgIpc) is 3.45. The third-order valence-corrected chi connectivity index (χ3v) is 6.77. The van der Waals surface area contributed by atoms with Crippen molar-refractivity contribution in [2.45, 2.75) is 43.4 Å². The fourth-order valence-corrected chi connectivity index (χ4v) is 4.87. The second kappa shape index (κ2) is 10.5. The molecule has 35 heavy (non-hydrogen) atoms. The summed E-state index contributed by atoms with van der Waals surface area (Å²) in [5.74, 6) is -1.81. The quantitative estimate of drug-likeness (QED) is 0.502. The van der Waals surface area contributed by atoms with Crippen LogP contribution in [0.25, 0.3) is 11.1 Å². The molecule has 2 amide bonds. The largest absolute Gasteiger partial charge is 0.479 e. The summed E-state index contributed by atoms with van der Waals surface area (Å²) in [6.45, 7) is 1.96. The van der Waals surface area contributed by atoms with Crippen LogP contribution in [0, 0.1) is 0 Å². The minimum atomic E-state index is -1.43. The third-order valence-electron chi connectivity index (χ3n) is 6.77. The van der Waals surface area contributed by atoms with Crippen LogP contribution < -0.4 is 10.6 Å². The summed E-state index contributed by atoms with van der Waals surface area (Å²) in [5, 5.41) is 14.7. The summed E-state index contributed by atoms with van der Waals surface area (Å²) in [6.07, 6.45) is -1.31. The van der Waals surface area contributed by atoms with Gasteiger partial charge in [-0.15, -0.1) is 0 Å². The highest BCUT2D eigenvalue weighted by atomic mass is 16.6. The molecule has 186 valence electrons. The van der Waals surface area contributed by atoms with E-state index in [1.807, 2.05) is 36.4 Å². The van der Waals surface area contributed by atoms with Gasteiger partial charge in [0, 0.05) is 19.6 Å². The number of carboxylic acid groups (broad SMARTS) is 1. The number of carboxylic acids is 1. The molecule has 0 aromatic heterocycles. The van der Waals surface area contributed by atoms with Gasteiger partial charge in [0.2, 0.25) is 5.91 Å². The van der Waals surface area contributed by atoms with Crippen molar-refractivity contribution in [2.75, 3.05) is 26.9 Å². The van der Waals surface area contributed by atoms with Gasteiger partial charge in [0.05, 0.1) is 12.6 Å². The van der Waals surface area contributed by atoms with Gasteiger partial charge in [-0.05, 0) is 35.1 Å². The van der Waals surface area contributed by atoms with Gasteiger partial charge in [-0.2, -0.15) is 0 Å². The van der Waals surface area contributed by atoms with E-state index >= 15 is 0 Å². The summed E-state index contributed by atoms with van der Waals surface area (Å²) in [7, 11) is 1.43. The topological polar surface area (TPSA) is 123 Å². The molecule has 1 saturated heterocycles. The van der Waals surface area contributed by atoms with Crippen LogP contribution in [0.4, 0.5) is 4.79 Å². The number of hydrogen-bond acceptors (Lipinski definition) is 6. The Bertz CT molecular complexity index is 1060. The van der Waals surface area contributed by atoms with Crippen molar-refractivity contribution in [3.8, 4) is 11.1 Å². The van der Waals surface area contributed by atoms with Crippen LogP contribution in [0.3, 0.4) is 0 Å². The Morgan fingerprint density at radius 3 is 2.29 bits per heavy atom. The number of amides is 2. The van der Waals surface area contributed by atoms with E-state index < -0.39 is 35.7 Å². The molecule has 2 aliphatic rings. The van der Waals surface area contributed by atoms with Gasteiger partial charge in [-0.25, -0.2) is 9.59 Å². The van der Waals surface area contributed by atoms with E-state index in [4.69, 9.17) is 14.2 Å². The maximum absolute atomic E-state index is 13.2. The van der Waals surface area contributed by atoms with Crippen molar-refractivity contribution in [1.29, 1.82) is 0 Å². The number of ether oxygens (including phenoxy) is 3. The predicted molar refractivity (Wildman–Crippen MR) is 127 cm³/mol. The van der Waals surface area contributed by atoms with E-state index in [-0.39, 0.29) is 32.2 Å². The number of hydrogen-bond donors (Lipinski definition) is 3. The van der Waals surface area contributed by atoms with Crippen molar-refractivity contribution in [1.82, 2.24) is 10.6 Å². The Morgan fingerprint density at radius 1 is 1.09 bits per heavy atom. The number of nitrogens with one attached hydrogen (secondary N) is 2. The molecule has 1 heterocycles. The minimum absolute atomic E-state index is 0.103. The Balaban J connectivity index is 1.46. The monoisotopic (exact) mass is 482 g/mol. The molecule has 0 saturated carbocycles. The lowest BCUT2D eigenvalue weighted by molar-refractivity contribution is -0.148. The van der Waals surface area contributed by atoms with Crippen molar-refractivity contribution in [2.24, 2.45) is 0 Å². The maximum Gasteiger partial charge on any atom is 0.408 e. The van der Waals surface area contributed by atoms with Gasteiger partial charge < -0.3 is 30.0 Å². The molecule has 4 rings (SSSR count). The number of fused-ring (bicyclic) bond motifs is 3. The molecule has 0 radical (unpaired) electrons. The zero-order valence-electron chi connectivity index (χ0n) is 19.8. The number of alkyl carbamates (subject to hydrolysis) is 1. The molecule has 0 bridgehead atoms. The summed E-state index contributed by atoms with van der Waals surface area (Å²) in [5.41, 5.74) is 2.97. The molecule has 2 aromatic rings. The zero-order chi connectivity index (χ0) is 25.0. The number of benzene rings is 2. The van der Waals surface area contributed by atoms with Gasteiger partial charge in [0.25, 0.3) is 0 Å². The molecule has 1 aliphatic carbocycles. The van der Waals surface area contributed by atoms with E-state index in [0.29, 0.717) is 6.42 Å². The first-order valence-corrected chi connectivity index (χ1v) is 11.7. The van der Waals surface area contributed by atoms with Crippen LogP contribution in [0.15, 0.2) is 48.5 Å². The zero-order valence-corrected chi connectivity index (χ0v) is 19.8. The molecule has 1 fully saturated rings. The first-order chi connectivity index (χ1) is 16.9. The van der Waals surface area contributed by atoms with Gasteiger partial charge in [-0.3, -0.25) is 4.79 Å². The lowest BCUT2D eigenvalue weighted by atomic mass is 9.95. The number of carbonyl (C=O) groups excluding carboxylic acids is 2. The molecule has 9 heteroatoms. The maximum atomic E-state index is 13.2. The van der Waals surface area contributed by atoms with Gasteiger partial charge in [-0.1, -0.05) is 55.5 Å². The number of carbonyl (C=O) groups is 3. The minimum Gasteiger partial charge on any atom is -0.479 e. The lowest BCUT2D eigenvalue weighted by Crippen LogP contribution is -2.63. The van der Waals surface area contributed by atoms with Crippen LogP contribution in [0.1, 0.15) is 36.8 Å². The predicted octanol–water partition coefficient (Wildman–Crippen LogP) is 2.68. The second-order valence-corrected chi connectivity index (χ2v) is 8.82. The molecule has 2 aromatic carbocycles. The first kappa shape index (κ1) is 24.7. The van der Waals surface area contributed by atoms with Crippen LogP contribution >= 0.6 is 0 Å². The number of rotatable bonds is 9. The normalized spacial score (nSPS) is 20.4. The van der Waals surface area contributed by atoms with Crippen molar-refractivity contribution < 1.29 is 33.7 Å². The van der Waals surface area contributed by atoms with Crippen LogP contribution in [-0.4, -0.2) is 67.7 Å². The van der Waals surface area contributed by atoms with E-state index in [1.165, 1.54) is 7.11 Å². The van der Waals surface area contributed by atoms with Crippen LogP contribution in [-0.2, 0) is 23.8 Å². The summed E-state index contributed by atoms with van der Waals surface area (Å²) in [6, 6.07) is 15.3. The highest BCUT2D eigenvalue weighted by Gasteiger charge is 2.43. The summed E-state index contributed by atoms with van der Waals surface area (Å²) in [4.78, 5) is 37.5. The second-order valence-electron chi connectivity index (χ2n) is 8.82. The van der Waals surface area contributed by atoms with Crippen LogP contribution in [0.2, 0.25) is 0 Å². The van der Waals surface area contributed by atoms with Crippen molar-refractivity contribution >= 4 is 18.0 Å². The average molecular weight is 483 g/mol. The van der Waals surface area contributed by atoms with E-state index in [0.717, 1.165) is 22.3 Å². The van der Waals surface area contributed by atoms with E-state index in [1.54, 1.807) is 6.92 Å². The molecule has 3 unspecified atom stereocenters. The smallest absolute Gasteiger partial charge is 0.408 e. The van der Waals surface area contributed by atoms with E-state index in [2.05, 4.69) is 22.8 Å². The molecule has 3 atom stereocenters. The summed E-state index contributed by atoms with van der Waals surface area (Å²) >= 11 is 0. The summed E-state index contributed by atoms with van der Waals surface area (Å²) < 4.78 is 16.1. The Labute approximate surface area is 203 Å². The molecule has 3 N–H and O–H groups in total. The number of aliphatic carboxylic acids is 1. The molecule has 9 nitrogen and oxygen atoms in total. The first-order valence-electron chi connectivity index (χ1n) is 11.7. The Hall–Kier alpha value is -3.43. The molecular weight excluding hydrogens is 452 g/mol. The Kier molecular flexibility index (Phi) is 7.37. The highest BCUT2D eigenvalue weighted by Crippen LogP contribution is 2.44.